The minimum atomic E-state index is -3.88. The second-order valence-electron chi connectivity index (χ2n) is 14.4. The van der Waals surface area contributed by atoms with Crippen molar-refractivity contribution in [3.8, 4) is 39.6 Å². The molecular formula is C51H34N5OPS. The highest BCUT2D eigenvalue weighted by molar-refractivity contribution is 8.00. The fourth-order valence-electron chi connectivity index (χ4n) is 8.13. The van der Waals surface area contributed by atoms with Crippen molar-refractivity contribution in [3.63, 3.8) is 0 Å². The van der Waals surface area contributed by atoms with E-state index in [2.05, 4.69) is 102 Å². The molecule has 0 fully saturated rings. The van der Waals surface area contributed by atoms with Gasteiger partial charge in [0, 0.05) is 43.1 Å². The number of rotatable bonds is 6. The highest BCUT2D eigenvalue weighted by Gasteiger charge is 2.44. The van der Waals surface area contributed by atoms with Crippen LogP contribution in [0.1, 0.15) is 0 Å². The van der Waals surface area contributed by atoms with Crippen molar-refractivity contribution < 1.29 is 4.57 Å². The molecule has 1 aliphatic rings. The van der Waals surface area contributed by atoms with Gasteiger partial charge in [0.05, 0.1) is 22.0 Å². The quantitative estimate of drug-likeness (QED) is 0.156. The van der Waals surface area contributed by atoms with E-state index in [9.17, 15) is 0 Å². The van der Waals surface area contributed by atoms with Gasteiger partial charge in [0.2, 0.25) is 5.57 Å². The summed E-state index contributed by atoms with van der Waals surface area (Å²) in [5.74, 6) is 0.929. The number of fused-ring (bicyclic) bond motifs is 5. The molecule has 280 valence electrons. The summed E-state index contributed by atoms with van der Waals surface area (Å²) in [6, 6.07) is 70.0. The Labute approximate surface area is 345 Å². The summed E-state index contributed by atoms with van der Waals surface area (Å²) in [5, 5.41) is 3.05. The van der Waals surface area contributed by atoms with Gasteiger partial charge in [0.1, 0.15) is 0 Å². The Balaban J connectivity index is 1.13. The number of hydrogen-bond acceptors (Lipinski definition) is 5. The highest BCUT2D eigenvalue weighted by atomic mass is 32.2. The van der Waals surface area contributed by atoms with Crippen LogP contribution in [0.2, 0.25) is 0 Å². The molecule has 1 atom stereocenters. The third-order valence-corrected chi connectivity index (χ3v) is 14.9. The molecule has 0 amide bonds. The molecule has 8 aromatic carbocycles. The SMILES string of the molecule is O=P1(c2nc(-c3ccccc3)nc(-c3ccccc3)n2)c2ccccc2Sc2cc(-c3ccc4c(c3)c3ccccc3n4-c3ccccc3)ccc2N1c1ccccc1. The van der Waals surface area contributed by atoms with Gasteiger partial charge in [-0.2, -0.15) is 0 Å². The smallest absolute Gasteiger partial charge is 0.271 e. The lowest BCUT2D eigenvalue weighted by atomic mass is 10.0. The predicted molar refractivity (Wildman–Crippen MR) is 243 cm³/mol. The van der Waals surface area contributed by atoms with Gasteiger partial charge in [-0.05, 0) is 77.9 Å². The zero-order valence-electron chi connectivity index (χ0n) is 31.6. The largest absolute Gasteiger partial charge is 0.309 e. The third-order valence-electron chi connectivity index (χ3n) is 10.9. The first-order chi connectivity index (χ1) is 29.1. The molecule has 0 aliphatic carbocycles. The second kappa shape index (κ2) is 14.4. The van der Waals surface area contributed by atoms with Gasteiger partial charge in [-0.25, -0.2) is 15.0 Å². The van der Waals surface area contributed by atoms with Gasteiger partial charge in [-0.15, -0.1) is 0 Å². The molecule has 0 saturated carbocycles. The molecule has 8 heteroatoms. The van der Waals surface area contributed by atoms with E-state index in [0.717, 1.165) is 54.6 Å². The van der Waals surface area contributed by atoms with E-state index in [-0.39, 0.29) is 5.57 Å². The van der Waals surface area contributed by atoms with Gasteiger partial charge in [-0.3, -0.25) is 9.24 Å². The molecule has 1 unspecified atom stereocenters. The zero-order chi connectivity index (χ0) is 39.3. The van der Waals surface area contributed by atoms with E-state index in [4.69, 9.17) is 15.0 Å². The monoisotopic (exact) mass is 795 g/mol. The van der Waals surface area contributed by atoms with Crippen LogP contribution in [0, 0.1) is 0 Å². The van der Waals surface area contributed by atoms with E-state index in [1.807, 2.05) is 114 Å². The average molecular weight is 796 g/mol. The minimum Gasteiger partial charge on any atom is -0.309 e. The van der Waals surface area contributed by atoms with Gasteiger partial charge in [-0.1, -0.05) is 151 Å². The Bertz CT molecular complexity index is 3170. The summed E-state index contributed by atoms with van der Waals surface area (Å²) in [5.41, 5.74) is 9.05. The number of hydrogen-bond donors (Lipinski definition) is 0. The van der Waals surface area contributed by atoms with Gasteiger partial charge >= 0.3 is 0 Å². The Morgan fingerprint density at radius 1 is 0.424 bits per heavy atom. The maximum atomic E-state index is 16.8. The lowest BCUT2D eigenvalue weighted by molar-refractivity contribution is 0.585. The van der Waals surface area contributed by atoms with E-state index in [1.54, 1.807) is 11.8 Å². The topological polar surface area (TPSA) is 63.9 Å². The fraction of sp³-hybridized carbons (Fsp3) is 0. The molecule has 0 bridgehead atoms. The Morgan fingerprint density at radius 2 is 0.966 bits per heavy atom. The summed E-state index contributed by atoms with van der Waals surface area (Å²) < 4.78 is 21.2. The lowest BCUT2D eigenvalue weighted by Crippen LogP contribution is -2.33. The van der Waals surface area contributed by atoms with Crippen molar-refractivity contribution in [2.45, 2.75) is 9.79 Å². The molecule has 6 nitrogen and oxygen atoms in total. The maximum absolute atomic E-state index is 16.8. The van der Waals surface area contributed by atoms with Crippen LogP contribution in [-0.2, 0) is 4.57 Å². The minimum absolute atomic E-state index is 0.222. The summed E-state index contributed by atoms with van der Waals surface area (Å²) >= 11 is 1.63. The van der Waals surface area contributed by atoms with Crippen LogP contribution in [0.15, 0.2) is 216 Å². The van der Waals surface area contributed by atoms with Crippen molar-refractivity contribution in [1.82, 2.24) is 19.5 Å². The molecule has 3 heterocycles. The van der Waals surface area contributed by atoms with Crippen LogP contribution >= 0.6 is 19.1 Å². The lowest BCUT2D eigenvalue weighted by Gasteiger charge is -2.33. The number of aromatic nitrogens is 4. The molecule has 0 saturated heterocycles. The molecular weight excluding hydrogens is 762 g/mol. The van der Waals surface area contributed by atoms with E-state index in [1.165, 1.54) is 16.3 Å². The normalized spacial score (nSPS) is 14.8. The van der Waals surface area contributed by atoms with Crippen LogP contribution in [-0.4, -0.2) is 19.5 Å². The van der Waals surface area contributed by atoms with Crippen molar-refractivity contribution >= 4 is 63.1 Å². The van der Waals surface area contributed by atoms with E-state index < -0.39 is 7.29 Å². The summed E-state index contributed by atoms with van der Waals surface area (Å²) in [7, 11) is -3.88. The molecule has 11 rings (SSSR count). The predicted octanol–water partition coefficient (Wildman–Crippen LogP) is 12.5. The number of benzene rings is 8. The second-order valence-corrected chi connectivity index (χ2v) is 17.9. The van der Waals surface area contributed by atoms with Crippen LogP contribution in [0.3, 0.4) is 0 Å². The summed E-state index contributed by atoms with van der Waals surface area (Å²) in [4.78, 5) is 17.1. The standard InChI is InChI=1S/C51H34N5OPS/c57-58(51-53-49(35-17-5-1-6-18-35)52-50(54-51)36-19-7-2-8-20-36)46-27-15-16-28-47(46)59-48-34-38(30-32-45(48)56(58)40-23-11-4-12-24-40)37-29-31-44-42(33-37)41-25-13-14-26-43(41)55(44)39-21-9-3-10-22-39/h1-34H. The molecule has 0 radical (unpaired) electrons. The zero-order valence-corrected chi connectivity index (χ0v) is 33.3. The Hall–Kier alpha value is -7.05. The van der Waals surface area contributed by atoms with Crippen molar-refractivity contribution in [1.29, 1.82) is 0 Å². The van der Waals surface area contributed by atoms with Gasteiger partial charge in [0.25, 0.3) is 7.29 Å². The maximum Gasteiger partial charge on any atom is 0.271 e. The Morgan fingerprint density at radius 3 is 1.66 bits per heavy atom. The number of nitrogens with zero attached hydrogens (tertiary/aromatic N) is 5. The van der Waals surface area contributed by atoms with Crippen molar-refractivity contribution in [3.05, 3.63) is 206 Å². The molecule has 1 aliphatic heterocycles. The van der Waals surface area contributed by atoms with E-state index >= 15 is 4.57 Å². The molecule has 0 N–H and O–H groups in total. The van der Waals surface area contributed by atoms with Crippen molar-refractivity contribution in [2.24, 2.45) is 0 Å². The third kappa shape index (κ3) is 5.97. The number of para-hydroxylation sites is 3. The van der Waals surface area contributed by atoms with Crippen LogP contribution < -0.4 is 15.5 Å². The van der Waals surface area contributed by atoms with Gasteiger partial charge < -0.3 is 4.57 Å². The fourth-order valence-corrected chi connectivity index (χ4v) is 12.4. The molecule has 10 aromatic rings. The first-order valence-corrected chi connectivity index (χ1v) is 21.9. The van der Waals surface area contributed by atoms with E-state index in [0.29, 0.717) is 17.0 Å². The summed E-state index contributed by atoms with van der Waals surface area (Å²) in [6.07, 6.45) is 0. The van der Waals surface area contributed by atoms with Gasteiger partial charge in [0.15, 0.2) is 11.6 Å². The first kappa shape index (κ1) is 35.1. The van der Waals surface area contributed by atoms with Crippen molar-refractivity contribution in [2.75, 3.05) is 4.67 Å². The molecule has 2 aromatic heterocycles. The Kier molecular flexibility index (Phi) is 8.58. The number of anilines is 2. The first-order valence-electron chi connectivity index (χ1n) is 19.5. The highest BCUT2D eigenvalue weighted by Crippen LogP contribution is 2.60. The van der Waals surface area contributed by atoms with Crippen LogP contribution in [0.25, 0.3) is 61.4 Å². The van der Waals surface area contributed by atoms with Crippen LogP contribution in [0.5, 0.6) is 0 Å². The average Bonchev–Trinajstić information content (AvgIpc) is 3.58. The molecule has 0 spiro atoms. The summed E-state index contributed by atoms with van der Waals surface area (Å²) in [6.45, 7) is 0. The molecule has 59 heavy (non-hydrogen) atoms. The van der Waals surface area contributed by atoms with Crippen LogP contribution in [0.4, 0.5) is 11.4 Å².